The van der Waals surface area contributed by atoms with Crippen LogP contribution in [0.4, 0.5) is 0 Å². The maximum absolute atomic E-state index is 6.14. The molecule has 1 aliphatic rings. The average molecular weight is 350 g/mol. The Morgan fingerprint density at radius 2 is 2.06 bits per heavy atom. The normalized spacial score (nSPS) is 16.4. The van der Waals surface area contributed by atoms with Gasteiger partial charge in [0, 0.05) is 5.25 Å². The Morgan fingerprint density at radius 1 is 1.33 bits per heavy atom. The van der Waals surface area contributed by atoms with Gasteiger partial charge in [0.15, 0.2) is 0 Å². The molecule has 0 amide bonds. The summed E-state index contributed by atoms with van der Waals surface area (Å²) in [5, 5.41) is 1.35. The minimum absolute atomic E-state index is 0.551. The second-order valence-electron chi connectivity index (χ2n) is 4.66. The van der Waals surface area contributed by atoms with Gasteiger partial charge in [-0.3, -0.25) is 0 Å². The molecule has 1 aromatic heterocycles. The molecule has 100 valence electrons. The third kappa shape index (κ3) is 3.84. The van der Waals surface area contributed by atoms with E-state index in [0.29, 0.717) is 5.15 Å². The van der Waals surface area contributed by atoms with Crippen molar-refractivity contribution in [2.45, 2.75) is 56.5 Å². The summed E-state index contributed by atoms with van der Waals surface area (Å²) in [7, 11) is 0. The summed E-state index contributed by atoms with van der Waals surface area (Å²) in [6.07, 6.45) is 7.46. The minimum atomic E-state index is 0.551. The molecule has 0 unspecified atom stereocenters. The van der Waals surface area contributed by atoms with Crippen LogP contribution in [-0.2, 0) is 12.2 Å². The van der Waals surface area contributed by atoms with E-state index in [9.17, 15) is 0 Å². The number of thioether (sulfide) groups is 1. The maximum atomic E-state index is 6.14. The van der Waals surface area contributed by atoms with Gasteiger partial charge in [0.05, 0.1) is 15.9 Å². The van der Waals surface area contributed by atoms with Gasteiger partial charge in [-0.2, -0.15) is 11.8 Å². The van der Waals surface area contributed by atoms with E-state index >= 15 is 0 Å². The fourth-order valence-electron chi connectivity index (χ4n) is 2.23. The van der Waals surface area contributed by atoms with Crippen molar-refractivity contribution in [3.05, 3.63) is 21.1 Å². The number of aryl methyl sites for hydroxylation is 1. The number of hydrogen-bond donors (Lipinski definition) is 0. The molecule has 0 bridgehead atoms. The van der Waals surface area contributed by atoms with Crippen molar-refractivity contribution in [2.75, 3.05) is 0 Å². The Labute approximate surface area is 126 Å². The SMILES string of the molecule is CCCc1nc(CSC2CCCC2)nc(Cl)c1Br. The molecule has 1 heterocycles. The summed E-state index contributed by atoms with van der Waals surface area (Å²) in [5.41, 5.74) is 1.04. The van der Waals surface area contributed by atoms with E-state index < -0.39 is 0 Å². The van der Waals surface area contributed by atoms with Gasteiger partial charge in [0.25, 0.3) is 0 Å². The van der Waals surface area contributed by atoms with Gasteiger partial charge in [-0.05, 0) is 35.2 Å². The quantitative estimate of drug-likeness (QED) is 0.698. The van der Waals surface area contributed by atoms with Crippen LogP contribution in [0.3, 0.4) is 0 Å². The molecule has 1 aliphatic carbocycles. The fourth-order valence-corrected chi connectivity index (χ4v) is 3.99. The molecule has 0 aromatic carbocycles. The Kier molecular flexibility index (Phi) is 5.77. The topological polar surface area (TPSA) is 25.8 Å². The van der Waals surface area contributed by atoms with Crippen molar-refractivity contribution in [2.24, 2.45) is 0 Å². The Bertz CT molecular complexity index is 408. The molecule has 5 heteroatoms. The van der Waals surface area contributed by atoms with E-state index in [0.717, 1.165) is 39.8 Å². The minimum Gasteiger partial charge on any atom is -0.236 e. The number of aromatic nitrogens is 2. The van der Waals surface area contributed by atoms with Crippen LogP contribution in [0.1, 0.15) is 50.5 Å². The molecule has 0 atom stereocenters. The predicted octanol–water partition coefficient (Wildman–Crippen LogP) is 5.02. The number of halogens is 2. The molecule has 0 saturated heterocycles. The van der Waals surface area contributed by atoms with E-state index in [-0.39, 0.29) is 0 Å². The number of nitrogens with zero attached hydrogens (tertiary/aromatic N) is 2. The smallest absolute Gasteiger partial charge is 0.147 e. The largest absolute Gasteiger partial charge is 0.236 e. The second kappa shape index (κ2) is 7.11. The van der Waals surface area contributed by atoms with Gasteiger partial charge < -0.3 is 0 Å². The number of hydrogen-bond acceptors (Lipinski definition) is 3. The molecule has 2 rings (SSSR count). The van der Waals surface area contributed by atoms with Crippen molar-refractivity contribution in [1.82, 2.24) is 9.97 Å². The lowest BCUT2D eigenvalue weighted by Gasteiger charge is -2.10. The van der Waals surface area contributed by atoms with Crippen LogP contribution in [0, 0.1) is 0 Å². The van der Waals surface area contributed by atoms with E-state index in [2.05, 4.69) is 32.8 Å². The zero-order valence-corrected chi connectivity index (χ0v) is 13.7. The number of rotatable bonds is 5. The third-order valence-corrected chi connectivity index (χ3v) is 5.87. The van der Waals surface area contributed by atoms with Gasteiger partial charge in [-0.15, -0.1) is 0 Å². The van der Waals surface area contributed by atoms with Crippen molar-refractivity contribution in [3.63, 3.8) is 0 Å². The Balaban J connectivity index is 2.02. The molecular weight excluding hydrogens is 332 g/mol. The van der Waals surface area contributed by atoms with Gasteiger partial charge in [-0.1, -0.05) is 37.8 Å². The van der Waals surface area contributed by atoms with Crippen LogP contribution in [0.5, 0.6) is 0 Å². The molecule has 2 nitrogen and oxygen atoms in total. The van der Waals surface area contributed by atoms with E-state index in [1.165, 1.54) is 25.7 Å². The molecule has 0 radical (unpaired) electrons. The molecular formula is C13H18BrClN2S. The Hall–Kier alpha value is 0.200. The highest BCUT2D eigenvalue weighted by atomic mass is 79.9. The zero-order chi connectivity index (χ0) is 13.0. The van der Waals surface area contributed by atoms with Crippen LogP contribution >= 0.6 is 39.3 Å². The standard InChI is InChI=1S/C13H18BrClN2S/c1-2-5-10-12(14)13(15)17-11(16-10)8-18-9-6-3-4-7-9/h9H,2-8H2,1H3. The summed E-state index contributed by atoms with van der Waals surface area (Å²) in [4.78, 5) is 8.98. The summed E-state index contributed by atoms with van der Waals surface area (Å²) < 4.78 is 0.862. The van der Waals surface area contributed by atoms with Crippen LogP contribution in [0.25, 0.3) is 0 Å². The second-order valence-corrected chi connectivity index (χ2v) is 7.10. The van der Waals surface area contributed by atoms with E-state index in [1.807, 2.05) is 11.8 Å². The van der Waals surface area contributed by atoms with Crippen LogP contribution in [-0.4, -0.2) is 15.2 Å². The van der Waals surface area contributed by atoms with E-state index in [1.54, 1.807) is 0 Å². The van der Waals surface area contributed by atoms with Crippen molar-refractivity contribution in [3.8, 4) is 0 Å². The molecule has 1 aromatic rings. The van der Waals surface area contributed by atoms with Crippen molar-refractivity contribution in [1.29, 1.82) is 0 Å². The van der Waals surface area contributed by atoms with Gasteiger partial charge in [-0.25, -0.2) is 9.97 Å². The first-order valence-electron chi connectivity index (χ1n) is 6.53. The lowest BCUT2D eigenvalue weighted by Crippen LogP contribution is -2.03. The highest BCUT2D eigenvalue weighted by molar-refractivity contribution is 9.10. The van der Waals surface area contributed by atoms with Crippen LogP contribution in [0.15, 0.2) is 4.47 Å². The Morgan fingerprint density at radius 3 is 2.72 bits per heavy atom. The maximum Gasteiger partial charge on any atom is 0.147 e. The lowest BCUT2D eigenvalue weighted by molar-refractivity contribution is 0.843. The average Bonchev–Trinajstić information content (AvgIpc) is 2.86. The predicted molar refractivity (Wildman–Crippen MR) is 82.3 cm³/mol. The molecule has 1 fully saturated rings. The van der Waals surface area contributed by atoms with Crippen LogP contribution in [0.2, 0.25) is 5.15 Å². The molecule has 0 spiro atoms. The third-order valence-electron chi connectivity index (χ3n) is 3.16. The molecule has 0 N–H and O–H groups in total. The zero-order valence-electron chi connectivity index (χ0n) is 10.6. The molecule has 0 aliphatic heterocycles. The summed E-state index contributed by atoms with van der Waals surface area (Å²) in [5.74, 6) is 1.76. The summed E-state index contributed by atoms with van der Waals surface area (Å²) in [6.45, 7) is 2.15. The van der Waals surface area contributed by atoms with Crippen molar-refractivity contribution >= 4 is 39.3 Å². The van der Waals surface area contributed by atoms with Crippen molar-refractivity contribution < 1.29 is 0 Å². The van der Waals surface area contributed by atoms with Gasteiger partial charge in [0.2, 0.25) is 0 Å². The monoisotopic (exact) mass is 348 g/mol. The van der Waals surface area contributed by atoms with Crippen LogP contribution < -0.4 is 0 Å². The first-order chi connectivity index (χ1) is 8.70. The summed E-state index contributed by atoms with van der Waals surface area (Å²) >= 11 is 11.6. The highest BCUT2D eigenvalue weighted by Gasteiger charge is 2.17. The first kappa shape index (κ1) is 14.6. The van der Waals surface area contributed by atoms with Gasteiger partial charge >= 0.3 is 0 Å². The highest BCUT2D eigenvalue weighted by Crippen LogP contribution is 2.32. The summed E-state index contributed by atoms with van der Waals surface area (Å²) in [6, 6.07) is 0. The molecule has 1 saturated carbocycles. The van der Waals surface area contributed by atoms with E-state index in [4.69, 9.17) is 11.6 Å². The first-order valence-corrected chi connectivity index (χ1v) is 8.75. The molecule has 18 heavy (non-hydrogen) atoms. The van der Waals surface area contributed by atoms with Gasteiger partial charge in [0.1, 0.15) is 11.0 Å². The lowest BCUT2D eigenvalue weighted by atomic mass is 10.2. The fraction of sp³-hybridized carbons (Fsp3) is 0.692.